The first kappa shape index (κ1) is 13.8. The Labute approximate surface area is 125 Å². The maximum Gasteiger partial charge on any atom is 0.227 e. The number of hydrogen-bond acceptors (Lipinski definition) is 7. The molecular formula is C14H12FN7. The zero-order valence-corrected chi connectivity index (χ0v) is 11.4. The highest BCUT2D eigenvalue weighted by Crippen LogP contribution is 2.22. The molecule has 22 heavy (non-hydrogen) atoms. The summed E-state index contributed by atoms with van der Waals surface area (Å²) in [6.45, 7) is -0.751. The van der Waals surface area contributed by atoms with Crippen LogP contribution in [0.3, 0.4) is 0 Å². The summed E-state index contributed by atoms with van der Waals surface area (Å²) in [4.78, 5) is 20.2. The molecular weight excluding hydrogens is 285 g/mol. The Balaban J connectivity index is 1.94. The van der Waals surface area contributed by atoms with Crippen LogP contribution in [0.15, 0.2) is 43.0 Å². The minimum atomic E-state index is -0.751. The lowest BCUT2D eigenvalue weighted by Gasteiger charge is -2.08. The SMILES string of the molecule is Nc1ncc(-c2ccnc(Nc3ccncc3)n2)c(CF)n1. The number of pyridine rings is 1. The van der Waals surface area contributed by atoms with E-state index in [9.17, 15) is 4.39 Å². The number of nitrogens with one attached hydrogen (secondary N) is 1. The van der Waals surface area contributed by atoms with Gasteiger partial charge in [-0.05, 0) is 18.2 Å². The molecule has 0 spiro atoms. The minimum absolute atomic E-state index is 0.0283. The molecule has 0 atom stereocenters. The molecule has 3 rings (SSSR count). The summed E-state index contributed by atoms with van der Waals surface area (Å²) in [5.41, 5.74) is 7.46. The Morgan fingerprint density at radius 3 is 2.64 bits per heavy atom. The van der Waals surface area contributed by atoms with Gasteiger partial charge in [0.25, 0.3) is 0 Å². The molecule has 0 aliphatic carbocycles. The van der Waals surface area contributed by atoms with Crippen LogP contribution >= 0.6 is 0 Å². The van der Waals surface area contributed by atoms with Crippen LogP contribution in [0.1, 0.15) is 5.69 Å². The predicted molar refractivity (Wildman–Crippen MR) is 79.8 cm³/mol. The first-order valence-electron chi connectivity index (χ1n) is 6.44. The number of hydrogen-bond donors (Lipinski definition) is 2. The number of nitrogens with two attached hydrogens (primary N) is 1. The van der Waals surface area contributed by atoms with Crippen LogP contribution in [-0.4, -0.2) is 24.9 Å². The molecule has 7 nitrogen and oxygen atoms in total. The zero-order valence-electron chi connectivity index (χ0n) is 11.4. The second-order valence-corrected chi connectivity index (χ2v) is 4.35. The number of nitrogens with zero attached hydrogens (tertiary/aromatic N) is 5. The van der Waals surface area contributed by atoms with E-state index in [4.69, 9.17) is 5.73 Å². The van der Waals surface area contributed by atoms with E-state index in [2.05, 4.69) is 30.2 Å². The van der Waals surface area contributed by atoms with Crippen molar-refractivity contribution >= 4 is 17.6 Å². The van der Waals surface area contributed by atoms with Crippen molar-refractivity contribution < 1.29 is 4.39 Å². The van der Waals surface area contributed by atoms with E-state index in [0.29, 0.717) is 17.2 Å². The molecule has 0 unspecified atom stereocenters. The van der Waals surface area contributed by atoms with Crippen molar-refractivity contribution in [2.45, 2.75) is 6.67 Å². The van der Waals surface area contributed by atoms with Gasteiger partial charge in [-0.2, -0.15) is 0 Å². The highest BCUT2D eigenvalue weighted by Gasteiger charge is 2.10. The lowest BCUT2D eigenvalue weighted by Crippen LogP contribution is -2.03. The van der Waals surface area contributed by atoms with Crippen LogP contribution in [0, 0.1) is 0 Å². The quantitative estimate of drug-likeness (QED) is 0.760. The molecule has 3 heterocycles. The molecule has 8 heteroatoms. The Kier molecular flexibility index (Phi) is 3.82. The van der Waals surface area contributed by atoms with Crippen molar-refractivity contribution in [1.29, 1.82) is 0 Å². The molecule has 3 aromatic heterocycles. The molecule has 110 valence electrons. The van der Waals surface area contributed by atoms with Gasteiger partial charge in [0.2, 0.25) is 11.9 Å². The van der Waals surface area contributed by atoms with Gasteiger partial charge < -0.3 is 11.1 Å². The van der Waals surface area contributed by atoms with Crippen molar-refractivity contribution in [2.24, 2.45) is 0 Å². The maximum absolute atomic E-state index is 13.1. The van der Waals surface area contributed by atoms with Gasteiger partial charge in [0, 0.05) is 36.0 Å². The number of alkyl halides is 1. The van der Waals surface area contributed by atoms with Gasteiger partial charge in [-0.15, -0.1) is 0 Å². The number of halogens is 1. The third kappa shape index (κ3) is 2.95. The number of nitrogen functional groups attached to an aromatic ring is 1. The van der Waals surface area contributed by atoms with Gasteiger partial charge in [-0.3, -0.25) is 4.98 Å². The molecule has 0 aromatic carbocycles. The van der Waals surface area contributed by atoms with E-state index in [0.717, 1.165) is 5.69 Å². The summed E-state index contributed by atoms with van der Waals surface area (Å²) in [7, 11) is 0. The van der Waals surface area contributed by atoms with Crippen LogP contribution in [0.2, 0.25) is 0 Å². The van der Waals surface area contributed by atoms with E-state index in [1.54, 1.807) is 36.8 Å². The Bertz CT molecular complexity index is 779. The van der Waals surface area contributed by atoms with Crippen molar-refractivity contribution in [3.05, 3.63) is 48.7 Å². The summed E-state index contributed by atoms with van der Waals surface area (Å²) in [6, 6.07) is 5.23. The summed E-state index contributed by atoms with van der Waals surface area (Å²) in [5.74, 6) is 0.408. The summed E-state index contributed by atoms with van der Waals surface area (Å²) in [6.07, 6.45) is 6.34. The van der Waals surface area contributed by atoms with E-state index in [1.807, 2.05) is 0 Å². The van der Waals surface area contributed by atoms with Crippen LogP contribution in [-0.2, 0) is 6.67 Å². The largest absolute Gasteiger partial charge is 0.368 e. The lowest BCUT2D eigenvalue weighted by molar-refractivity contribution is 0.476. The third-order valence-corrected chi connectivity index (χ3v) is 2.88. The van der Waals surface area contributed by atoms with E-state index in [-0.39, 0.29) is 11.6 Å². The second-order valence-electron chi connectivity index (χ2n) is 4.35. The summed E-state index contributed by atoms with van der Waals surface area (Å²) < 4.78 is 13.1. The molecule has 0 radical (unpaired) electrons. The first-order chi connectivity index (χ1) is 10.8. The molecule has 0 fully saturated rings. The average Bonchev–Trinajstić information content (AvgIpc) is 2.56. The third-order valence-electron chi connectivity index (χ3n) is 2.88. The summed E-state index contributed by atoms with van der Waals surface area (Å²) >= 11 is 0. The topological polar surface area (TPSA) is 102 Å². The molecule has 3 N–H and O–H groups in total. The Morgan fingerprint density at radius 2 is 1.86 bits per heavy atom. The van der Waals surface area contributed by atoms with Gasteiger partial charge >= 0.3 is 0 Å². The zero-order chi connectivity index (χ0) is 15.4. The monoisotopic (exact) mass is 297 g/mol. The van der Waals surface area contributed by atoms with Crippen LogP contribution in [0.5, 0.6) is 0 Å². The molecule has 0 bridgehead atoms. The van der Waals surface area contributed by atoms with E-state index < -0.39 is 6.67 Å². The number of anilines is 3. The van der Waals surface area contributed by atoms with Gasteiger partial charge in [-0.25, -0.2) is 24.3 Å². The van der Waals surface area contributed by atoms with Crippen LogP contribution < -0.4 is 11.1 Å². The van der Waals surface area contributed by atoms with Gasteiger partial charge in [0.15, 0.2) is 0 Å². The van der Waals surface area contributed by atoms with E-state index >= 15 is 0 Å². The highest BCUT2D eigenvalue weighted by atomic mass is 19.1. The molecule has 0 saturated heterocycles. The number of rotatable bonds is 4. The standard InChI is InChI=1S/C14H12FN7/c15-7-12-10(8-19-13(16)21-12)11-3-6-18-14(22-11)20-9-1-4-17-5-2-9/h1-6,8H,7H2,(H2,16,19,21)(H,17,18,20,22). The first-order valence-corrected chi connectivity index (χ1v) is 6.44. The maximum atomic E-state index is 13.1. The normalized spacial score (nSPS) is 10.4. The van der Waals surface area contributed by atoms with Gasteiger partial charge in [0.1, 0.15) is 6.67 Å². The number of aromatic nitrogens is 5. The van der Waals surface area contributed by atoms with E-state index in [1.165, 1.54) is 6.20 Å². The fraction of sp³-hybridized carbons (Fsp3) is 0.0714. The van der Waals surface area contributed by atoms with Crippen molar-refractivity contribution in [3.63, 3.8) is 0 Å². The molecule has 0 aliphatic heterocycles. The molecule has 3 aromatic rings. The van der Waals surface area contributed by atoms with Crippen LogP contribution in [0.4, 0.5) is 22.0 Å². The Morgan fingerprint density at radius 1 is 1.05 bits per heavy atom. The van der Waals surface area contributed by atoms with Gasteiger partial charge in [0.05, 0.1) is 11.4 Å². The Hall–Kier alpha value is -3.16. The van der Waals surface area contributed by atoms with Crippen molar-refractivity contribution in [3.8, 4) is 11.3 Å². The fourth-order valence-corrected chi connectivity index (χ4v) is 1.88. The average molecular weight is 297 g/mol. The highest BCUT2D eigenvalue weighted by molar-refractivity contribution is 5.63. The molecule has 0 saturated carbocycles. The van der Waals surface area contributed by atoms with Crippen molar-refractivity contribution in [1.82, 2.24) is 24.9 Å². The summed E-state index contributed by atoms with van der Waals surface area (Å²) in [5, 5.41) is 3.04. The van der Waals surface area contributed by atoms with Crippen LogP contribution in [0.25, 0.3) is 11.3 Å². The van der Waals surface area contributed by atoms with Gasteiger partial charge in [-0.1, -0.05) is 0 Å². The second kappa shape index (κ2) is 6.08. The molecule has 0 amide bonds. The molecule has 0 aliphatic rings. The van der Waals surface area contributed by atoms with Crippen molar-refractivity contribution in [2.75, 3.05) is 11.1 Å². The minimum Gasteiger partial charge on any atom is -0.368 e. The predicted octanol–water partition coefficient (Wildman–Crippen LogP) is 2.12. The lowest BCUT2D eigenvalue weighted by atomic mass is 10.1. The smallest absolute Gasteiger partial charge is 0.227 e. The fourth-order valence-electron chi connectivity index (χ4n) is 1.88.